The highest BCUT2D eigenvalue weighted by atomic mass is 32.1. The van der Waals surface area contributed by atoms with Crippen molar-refractivity contribution in [3.8, 4) is 11.8 Å². The summed E-state index contributed by atoms with van der Waals surface area (Å²) in [7, 11) is 0. The quantitative estimate of drug-likeness (QED) is 0.618. The molecular weight excluding hydrogens is 258 g/mol. The molecule has 0 saturated carbocycles. The van der Waals surface area contributed by atoms with Gasteiger partial charge in [0.05, 0.1) is 5.69 Å². The molecule has 0 bridgehead atoms. The minimum absolute atomic E-state index is 0.133. The SMILES string of the molecule is CC(=O)Nc1nc(C)c(C#Cc2ccc(N)cc2)s1. The molecule has 0 aliphatic rings. The molecule has 1 heterocycles. The van der Waals surface area contributed by atoms with Crippen LogP contribution in [-0.4, -0.2) is 10.9 Å². The van der Waals surface area contributed by atoms with Crippen molar-refractivity contribution in [2.75, 3.05) is 11.1 Å². The van der Waals surface area contributed by atoms with Crippen LogP contribution in [-0.2, 0) is 4.79 Å². The number of nitrogens with one attached hydrogen (secondary N) is 1. The molecule has 0 fully saturated rings. The second-order valence-electron chi connectivity index (χ2n) is 3.99. The summed E-state index contributed by atoms with van der Waals surface area (Å²) >= 11 is 1.37. The molecule has 5 heteroatoms. The van der Waals surface area contributed by atoms with Crippen molar-refractivity contribution in [3.63, 3.8) is 0 Å². The van der Waals surface area contributed by atoms with Crippen molar-refractivity contribution in [1.82, 2.24) is 4.98 Å². The van der Waals surface area contributed by atoms with Gasteiger partial charge >= 0.3 is 0 Å². The van der Waals surface area contributed by atoms with Gasteiger partial charge < -0.3 is 11.1 Å². The lowest BCUT2D eigenvalue weighted by Gasteiger charge is -1.91. The number of aromatic nitrogens is 1. The summed E-state index contributed by atoms with van der Waals surface area (Å²) in [6.45, 7) is 3.32. The van der Waals surface area contributed by atoms with Gasteiger partial charge in [-0.1, -0.05) is 17.3 Å². The third-order valence-electron chi connectivity index (χ3n) is 2.31. The first-order valence-corrected chi connectivity index (χ1v) is 6.49. The summed E-state index contributed by atoms with van der Waals surface area (Å²) < 4.78 is 0. The van der Waals surface area contributed by atoms with Gasteiger partial charge in [0.1, 0.15) is 4.88 Å². The number of nitrogens with zero attached hydrogens (tertiary/aromatic N) is 1. The number of benzene rings is 1. The molecule has 1 amide bonds. The summed E-state index contributed by atoms with van der Waals surface area (Å²) in [5.74, 6) is 5.97. The molecule has 0 radical (unpaired) electrons. The molecule has 96 valence electrons. The Kier molecular flexibility index (Phi) is 3.83. The maximum Gasteiger partial charge on any atom is 0.223 e. The minimum atomic E-state index is -0.133. The maximum absolute atomic E-state index is 11.0. The fourth-order valence-corrected chi connectivity index (χ4v) is 2.28. The molecule has 0 atom stereocenters. The molecule has 1 aromatic heterocycles. The molecule has 19 heavy (non-hydrogen) atoms. The Labute approximate surface area is 115 Å². The zero-order chi connectivity index (χ0) is 13.8. The van der Waals surface area contributed by atoms with Gasteiger partial charge in [0, 0.05) is 18.2 Å². The predicted octanol–water partition coefficient (Wildman–Crippen LogP) is 2.39. The Balaban J connectivity index is 2.22. The minimum Gasteiger partial charge on any atom is -0.399 e. The third kappa shape index (κ3) is 3.57. The smallest absolute Gasteiger partial charge is 0.223 e. The largest absolute Gasteiger partial charge is 0.399 e. The first-order valence-electron chi connectivity index (χ1n) is 5.67. The van der Waals surface area contributed by atoms with Crippen molar-refractivity contribution in [1.29, 1.82) is 0 Å². The van der Waals surface area contributed by atoms with Crippen LogP contribution in [0.5, 0.6) is 0 Å². The summed E-state index contributed by atoms with van der Waals surface area (Å²) in [6, 6.07) is 7.36. The van der Waals surface area contributed by atoms with Gasteiger partial charge in [-0.3, -0.25) is 4.79 Å². The van der Waals surface area contributed by atoms with Gasteiger partial charge in [-0.15, -0.1) is 0 Å². The first-order chi connectivity index (χ1) is 9.04. The number of anilines is 2. The molecule has 2 rings (SSSR count). The number of carbonyl (C=O) groups is 1. The number of hydrogen-bond acceptors (Lipinski definition) is 4. The highest BCUT2D eigenvalue weighted by Crippen LogP contribution is 2.21. The van der Waals surface area contributed by atoms with Crippen LogP contribution in [0.2, 0.25) is 0 Å². The van der Waals surface area contributed by atoms with E-state index in [-0.39, 0.29) is 5.91 Å². The third-order valence-corrected chi connectivity index (χ3v) is 3.30. The fraction of sp³-hybridized carbons (Fsp3) is 0.143. The van der Waals surface area contributed by atoms with E-state index in [0.29, 0.717) is 10.8 Å². The van der Waals surface area contributed by atoms with Gasteiger partial charge in [-0.05, 0) is 37.1 Å². The summed E-state index contributed by atoms with van der Waals surface area (Å²) in [5.41, 5.74) is 8.03. The van der Waals surface area contributed by atoms with Gasteiger partial charge in [0.15, 0.2) is 5.13 Å². The molecule has 1 aromatic carbocycles. The van der Waals surface area contributed by atoms with Crippen molar-refractivity contribution in [2.45, 2.75) is 13.8 Å². The standard InChI is InChI=1S/C14H13N3OS/c1-9-13(19-14(16-9)17-10(2)18)8-5-11-3-6-12(15)7-4-11/h3-4,6-7H,15H2,1-2H3,(H,16,17,18). The van der Waals surface area contributed by atoms with Crippen molar-refractivity contribution in [2.24, 2.45) is 0 Å². The molecule has 2 aromatic rings. The zero-order valence-electron chi connectivity index (χ0n) is 10.7. The molecule has 3 N–H and O–H groups in total. The van der Waals surface area contributed by atoms with Crippen LogP contribution in [0, 0.1) is 18.8 Å². The normalized spacial score (nSPS) is 9.58. The topological polar surface area (TPSA) is 68.0 Å². The van der Waals surface area contributed by atoms with Crippen LogP contribution in [0.4, 0.5) is 10.8 Å². The Morgan fingerprint density at radius 3 is 2.63 bits per heavy atom. The lowest BCUT2D eigenvalue weighted by atomic mass is 10.2. The van der Waals surface area contributed by atoms with E-state index in [4.69, 9.17) is 5.73 Å². The van der Waals surface area contributed by atoms with Crippen LogP contribution in [0.15, 0.2) is 24.3 Å². The number of hydrogen-bond donors (Lipinski definition) is 2. The summed E-state index contributed by atoms with van der Waals surface area (Å²) in [5, 5.41) is 3.23. The molecule has 0 aliphatic heterocycles. The Hall–Kier alpha value is -2.32. The van der Waals surface area contributed by atoms with E-state index in [2.05, 4.69) is 22.1 Å². The average molecular weight is 271 g/mol. The van der Waals surface area contributed by atoms with Crippen LogP contribution in [0.25, 0.3) is 0 Å². The van der Waals surface area contributed by atoms with Crippen molar-refractivity contribution >= 4 is 28.1 Å². The molecule has 0 spiro atoms. The van der Waals surface area contributed by atoms with E-state index in [0.717, 1.165) is 16.1 Å². The van der Waals surface area contributed by atoms with E-state index >= 15 is 0 Å². The van der Waals surface area contributed by atoms with Crippen LogP contribution < -0.4 is 11.1 Å². The Morgan fingerprint density at radius 2 is 2.00 bits per heavy atom. The second kappa shape index (κ2) is 5.55. The number of nitrogens with two attached hydrogens (primary N) is 1. The zero-order valence-corrected chi connectivity index (χ0v) is 11.5. The van der Waals surface area contributed by atoms with E-state index in [1.165, 1.54) is 18.3 Å². The van der Waals surface area contributed by atoms with Crippen LogP contribution >= 0.6 is 11.3 Å². The van der Waals surface area contributed by atoms with Crippen molar-refractivity contribution in [3.05, 3.63) is 40.4 Å². The first kappa shape index (κ1) is 13.1. The lowest BCUT2D eigenvalue weighted by Crippen LogP contribution is -2.04. The van der Waals surface area contributed by atoms with Gasteiger partial charge in [-0.2, -0.15) is 0 Å². The second-order valence-corrected chi connectivity index (χ2v) is 4.99. The average Bonchev–Trinajstić information content (AvgIpc) is 2.68. The van der Waals surface area contributed by atoms with Crippen molar-refractivity contribution < 1.29 is 4.79 Å². The van der Waals surface area contributed by atoms with E-state index < -0.39 is 0 Å². The number of thiazole rings is 1. The monoisotopic (exact) mass is 271 g/mol. The number of nitrogen functional groups attached to an aromatic ring is 1. The summed E-state index contributed by atoms with van der Waals surface area (Å²) in [4.78, 5) is 16.0. The molecule has 0 unspecified atom stereocenters. The number of carbonyl (C=O) groups excluding carboxylic acids is 1. The number of amides is 1. The molecule has 0 saturated heterocycles. The van der Waals surface area contributed by atoms with Crippen LogP contribution in [0.3, 0.4) is 0 Å². The Morgan fingerprint density at radius 1 is 1.32 bits per heavy atom. The number of aryl methyl sites for hydroxylation is 1. The highest BCUT2D eigenvalue weighted by Gasteiger charge is 2.06. The number of rotatable bonds is 1. The molecule has 4 nitrogen and oxygen atoms in total. The lowest BCUT2D eigenvalue weighted by molar-refractivity contribution is -0.114. The summed E-state index contributed by atoms with van der Waals surface area (Å²) in [6.07, 6.45) is 0. The predicted molar refractivity (Wildman–Crippen MR) is 78.0 cm³/mol. The van der Waals surface area contributed by atoms with E-state index in [1.54, 1.807) is 0 Å². The van der Waals surface area contributed by atoms with E-state index in [1.807, 2.05) is 31.2 Å². The van der Waals surface area contributed by atoms with Gasteiger partial charge in [0.2, 0.25) is 5.91 Å². The maximum atomic E-state index is 11.0. The molecule has 0 aliphatic carbocycles. The highest BCUT2D eigenvalue weighted by molar-refractivity contribution is 7.16. The fourth-order valence-electron chi connectivity index (χ4n) is 1.41. The molecular formula is C14H13N3OS. The Bertz CT molecular complexity index is 662. The van der Waals surface area contributed by atoms with Crippen LogP contribution in [0.1, 0.15) is 23.1 Å². The van der Waals surface area contributed by atoms with E-state index in [9.17, 15) is 4.79 Å². The van der Waals surface area contributed by atoms with Gasteiger partial charge in [-0.25, -0.2) is 4.98 Å². The van der Waals surface area contributed by atoms with Gasteiger partial charge in [0.25, 0.3) is 0 Å².